The van der Waals surface area contributed by atoms with Crippen LogP contribution in [-0.4, -0.2) is 39.3 Å². The van der Waals surface area contributed by atoms with E-state index in [4.69, 9.17) is 0 Å². The fraction of sp³-hybridized carbons (Fsp3) is 0.667. The number of nitrogens with zero attached hydrogens (tertiary/aromatic N) is 2. The monoisotopic (exact) mass is 270 g/mol. The lowest BCUT2D eigenvalue weighted by Gasteiger charge is -2.13. The van der Waals surface area contributed by atoms with E-state index in [9.17, 15) is 4.21 Å². The van der Waals surface area contributed by atoms with Crippen molar-refractivity contribution in [2.24, 2.45) is 0 Å². The van der Waals surface area contributed by atoms with Crippen LogP contribution < -0.4 is 10.6 Å². The van der Waals surface area contributed by atoms with E-state index < -0.39 is 10.8 Å². The molecule has 1 aromatic rings. The van der Waals surface area contributed by atoms with Gasteiger partial charge >= 0.3 is 0 Å². The Morgan fingerprint density at radius 2 is 1.89 bits per heavy atom. The van der Waals surface area contributed by atoms with Gasteiger partial charge in [-0.1, -0.05) is 6.92 Å². The van der Waals surface area contributed by atoms with E-state index in [1.54, 1.807) is 12.6 Å². The Kier molecular flexibility index (Phi) is 6.64. The van der Waals surface area contributed by atoms with Gasteiger partial charge in [0.2, 0.25) is 0 Å². The lowest BCUT2D eigenvalue weighted by atomic mass is 10.2. The second-order valence-electron chi connectivity index (χ2n) is 3.99. The molecule has 2 N–H and O–H groups in total. The summed E-state index contributed by atoms with van der Waals surface area (Å²) in [4.78, 5) is 8.52. The molecule has 0 saturated heterocycles. The smallest absolute Gasteiger partial charge is 0.134 e. The molecule has 0 saturated carbocycles. The van der Waals surface area contributed by atoms with Crippen molar-refractivity contribution in [1.82, 2.24) is 9.97 Å². The van der Waals surface area contributed by atoms with Crippen molar-refractivity contribution in [1.29, 1.82) is 0 Å². The molecule has 0 radical (unpaired) electrons. The minimum absolute atomic E-state index is 0.722. The van der Waals surface area contributed by atoms with E-state index >= 15 is 0 Å². The predicted octanol–water partition coefficient (Wildman–Crippen LogP) is 1.65. The SMILES string of the molecule is CCNc1ncnc(NCCCS(C)=O)c1CC. The van der Waals surface area contributed by atoms with Gasteiger partial charge in [0.05, 0.1) is 0 Å². The van der Waals surface area contributed by atoms with Crippen LogP contribution in [0.5, 0.6) is 0 Å². The van der Waals surface area contributed by atoms with Crippen LogP contribution in [-0.2, 0) is 17.2 Å². The number of hydrogen-bond donors (Lipinski definition) is 2. The largest absolute Gasteiger partial charge is 0.370 e. The van der Waals surface area contributed by atoms with Crippen LogP contribution in [0.1, 0.15) is 25.8 Å². The minimum Gasteiger partial charge on any atom is -0.370 e. The van der Waals surface area contributed by atoms with E-state index in [1.165, 1.54) is 0 Å². The molecule has 1 rings (SSSR count). The van der Waals surface area contributed by atoms with Gasteiger partial charge < -0.3 is 10.6 Å². The van der Waals surface area contributed by atoms with E-state index in [-0.39, 0.29) is 0 Å². The van der Waals surface area contributed by atoms with Crippen LogP contribution in [0, 0.1) is 0 Å². The number of nitrogens with one attached hydrogen (secondary N) is 2. The van der Waals surface area contributed by atoms with Gasteiger partial charge in [-0.15, -0.1) is 0 Å². The molecule has 5 nitrogen and oxygen atoms in total. The molecule has 0 aliphatic carbocycles. The van der Waals surface area contributed by atoms with Gasteiger partial charge in [-0.2, -0.15) is 0 Å². The van der Waals surface area contributed by atoms with Crippen molar-refractivity contribution in [2.45, 2.75) is 26.7 Å². The second-order valence-corrected chi connectivity index (χ2v) is 5.55. The highest BCUT2D eigenvalue weighted by Crippen LogP contribution is 2.20. The molecular formula is C12H22N4OS. The van der Waals surface area contributed by atoms with E-state index in [0.29, 0.717) is 0 Å². The van der Waals surface area contributed by atoms with Crippen LogP contribution in [0.15, 0.2) is 6.33 Å². The number of rotatable bonds is 8. The Balaban J connectivity index is 2.63. The molecule has 0 spiro atoms. The summed E-state index contributed by atoms with van der Waals surface area (Å²) in [7, 11) is -0.723. The number of hydrogen-bond acceptors (Lipinski definition) is 5. The highest BCUT2D eigenvalue weighted by molar-refractivity contribution is 7.84. The van der Waals surface area contributed by atoms with Crippen LogP contribution in [0.25, 0.3) is 0 Å². The first-order valence-corrected chi connectivity index (χ1v) is 8.03. The Hall–Kier alpha value is -1.17. The van der Waals surface area contributed by atoms with Crippen molar-refractivity contribution in [3.8, 4) is 0 Å². The zero-order chi connectivity index (χ0) is 13.4. The van der Waals surface area contributed by atoms with E-state index in [2.05, 4.69) is 27.5 Å². The van der Waals surface area contributed by atoms with Crippen molar-refractivity contribution in [3.63, 3.8) is 0 Å². The molecule has 1 unspecified atom stereocenters. The molecule has 0 aliphatic heterocycles. The van der Waals surface area contributed by atoms with Crippen molar-refractivity contribution < 1.29 is 4.21 Å². The number of aromatic nitrogens is 2. The Bertz CT molecular complexity index is 398. The quantitative estimate of drug-likeness (QED) is 0.703. The average molecular weight is 270 g/mol. The Labute approximate surface area is 111 Å². The molecule has 0 aromatic carbocycles. The standard InChI is InChI=1S/C12H22N4OS/c1-4-10-11(13-5-2)15-9-16-12(10)14-7-6-8-18(3)17/h9H,4-8H2,1-3H3,(H2,13,14,15,16). The maximum absolute atomic E-state index is 11.0. The summed E-state index contributed by atoms with van der Waals surface area (Å²) < 4.78 is 11.0. The van der Waals surface area contributed by atoms with Crippen molar-refractivity contribution in [3.05, 3.63) is 11.9 Å². The molecule has 0 amide bonds. The molecule has 0 aliphatic rings. The Morgan fingerprint density at radius 1 is 1.22 bits per heavy atom. The molecule has 0 bridgehead atoms. The highest BCUT2D eigenvalue weighted by atomic mass is 32.2. The lowest BCUT2D eigenvalue weighted by molar-refractivity contribution is 0.685. The summed E-state index contributed by atoms with van der Waals surface area (Å²) in [5, 5.41) is 6.53. The van der Waals surface area contributed by atoms with Crippen LogP contribution in [0.4, 0.5) is 11.6 Å². The maximum atomic E-state index is 11.0. The van der Waals surface area contributed by atoms with Crippen LogP contribution in [0.2, 0.25) is 0 Å². The third kappa shape index (κ3) is 4.60. The normalized spacial score (nSPS) is 12.2. The summed E-state index contributed by atoms with van der Waals surface area (Å²) >= 11 is 0. The zero-order valence-corrected chi connectivity index (χ0v) is 12.1. The molecule has 1 heterocycles. The molecule has 6 heteroatoms. The summed E-state index contributed by atoms with van der Waals surface area (Å²) in [6.45, 7) is 5.77. The van der Waals surface area contributed by atoms with Crippen molar-refractivity contribution >= 4 is 22.4 Å². The van der Waals surface area contributed by atoms with Gasteiger partial charge in [0, 0.05) is 41.5 Å². The topological polar surface area (TPSA) is 66.9 Å². The summed E-state index contributed by atoms with van der Waals surface area (Å²) in [5.41, 5.74) is 1.11. The van der Waals surface area contributed by atoms with Gasteiger partial charge in [-0.3, -0.25) is 4.21 Å². The fourth-order valence-corrected chi connectivity index (χ4v) is 2.25. The average Bonchev–Trinajstić information content (AvgIpc) is 2.35. The fourth-order valence-electron chi connectivity index (χ4n) is 1.70. The molecule has 1 aromatic heterocycles. The van der Waals surface area contributed by atoms with Gasteiger partial charge in [0.15, 0.2) is 0 Å². The van der Waals surface area contributed by atoms with Crippen LogP contribution in [0.3, 0.4) is 0 Å². The predicted molar refractivity (Wildman–Crippen MR) is 77.6 cm³/mol. The van der Waals surface area contributed by atoms with Gasteiger partial charge in [0.1, 0.15) is 18.0 Å². The van der Waals surface area contributed by atoms with Crippen LogP contribution >= 0.6 is 0 Å². The van der Waals surface area contributed by atoms with Gasteiger partial charge in [-0.25, -0.2) is 9.97 Å². The molecule has 0 fully saturated rings. The van der Waals surface area contributed by atoms with E-state index in [0.717, 1.165) is 48.9 Å². The van der Waals surface area contributed by atoms with Gasteiger partial charge in [0.25, 0.3) is 0 Å². The van der Waals surface area contributed by atoms with Gasteiger partial charge in [-0.05, 0) is 19.8 Å². The summed E-state index contributed by atoms with van der Waals surface area (Å²) in [6, 6.07) is 0. The third-order valence-electron chi connectivity index (χ3n) is 2.54. The second kappa shape index (κ2) is 8.02. The highest BCUT2D eigenvalue weighted by Gasteiger charge is 2.08. The van der Waals surface area contributed by atoms with E-state index in [1.807, 2.05) is 6.92 Å². The summed E-state index contributed by atoms with van der Waals surface area (Å²) in [6.07, 6.45) is 5.06. The zero-order valence-electron chi connectivity index (χ0n) is 11.3. The minimum atomic E-state index is -0.723. The molecule has 102 valence electrons. The lowest BCUT2D eigenvalue weighted by Crippen LogP contribution is -2.12. The third-order valence-corrected chi connectivity index (χ3v) is 3.41. The Morgan fingerprint density at radius 3 is 2.44 bits per heavy atom. The summed E-state index contributed by atoms with van der Waals surface area (Å²) in [5.74, 6) is 2.50. The molecule has 1 atom stereocenters. The first kappa shape index (κ1) is 14.9. The first-order chi connectivity index (χ1) is 8.69. The van der Waals surface area contributed by atoms with Crippen molar-refractivity contribution in [2.75, 3.05) is 35.7 Å². The first-order valence-electron chi connectivity index (χ1n) is 6.30. The maximum Gasteiger partial charge on any atom is 0.134 e. The molecular weight excluding hydrogens is 248 g/mol. The molecule has 18 heavy (non-hydrogen) atoms. The number of anilines is 2.